The average molecular weight is 330 g/mol. The Hall–Kier alpha value is -2.00. The molecule has 2 aromatic carbocycles. The van der Waals surface area contributed by atoms with Gasteiger partial charge in [-0.05, 0) is 50.1 Å². The van der Waals surface area contributed by atoms with Crippen molar-refractivity contribution in [3.63, 3.8) is 0 Å². The number of rotatable bonds is 5. The van der Waals surface area contributed by atoms with Crippen LogP contribution in [0.2, 0.25) is 5.02 Å². The van der Waals surface area contributed by atoms with Crippen LogP contribution in [0.5, 0.6) is 0 Å². The molecule has 0 aliphatic heterocycles. The molecule has 2 aromatic rings. The Morgan fingerprint density at radius 2 is 1.74 bits per heavy atom. The Morgan fingerprint density at radius 3 is 2.39 bits per heavy atom. The third-order valence-electron chi connectivity index (χ3n) is 4.00. The van der Waals surface area contributed by atoms with Gasteiger partial charge >= 0.3 is 0 Å². The molecule has 0 aromatic heterocycles. The van der Waals surface area contributed by atoms with E-state index in [0.29, 0.717) is 5.02 Å². The van der Waals surface area contributed by atoms with E-state index in [1.165, 1.54) is 11.3 Å². The van der Waals surface area contributed by atoms with E-state index < -0.39 is 0 Å². The van der Waals surface area contributed by atoms with Gasteiger partial charge in [-0.15, -0.1) is 0 Å². The van der Waals surface area contributed by atoms with E-state index in [1.807, 2.05) is 30.4 Å². The summed E-state index contributed by atoms with van der Waals surface area (Å²) in [6.45, 7) is 7.19. The van der Waals surface area contributed by atoms with Crippen LogP contribution in [-0.2, 0) is 0 Å². The summed E-state index contributed by atoms with van der Waals surface area (Å²) < 4.78 is 0. The van der Waals surface area contributed by atoms with E-state index in [1.54, 1.807) is 0 Å². The molecule has 0 atom stereocenters. The zero-order valence-electron chi connectivity index (χ0n) is 14.5. The molecule has 0 spiro atoms. The molecule has 0 saturated heterocycles. The van der Waals surface area contributed by atoms with Crippen molar-refractivity contribution in [3.8, 4) is 0 Å². The van der Waals surface area contributed by atoms with Crippen molar-refractivity contribution in [2.45, 2.75) is 20.8 Å². The molecule has 0 N–H and O–H groups in total. The van der Waals surface area contributed by atoms with Gasteiger partial charge in [-0.1, -0.05) is 29.8 Å². The zero-order valence-corrected chi connectivity index (χ0v) is 15.2. The molecular weight excluding hydrogens is 306 g/mol. The van der Waals surface area contributed by atoms with Gasteiger partial charge in [0, 0.05) is 32.0 Å². The third kappa shape index (κ3) is 4.05. The van der Waals surface area contributed by atoms with E-state index >= 15 is 0 Å². The summed E-state index contributed by atoms with van der Waals surface area (Å²) in [5.74, 6) is 0. The summed E-state index contributed by atoms with van der Waals surface area (Å²) in [6, 6.07) is 12.4. The molecule has 3 nitrogen and oxygen atoms in total. The van der Waals surface area contributed by atoms with Crippen LogP contribution in [0.15, 0.2) is 41.4 Å². The summed E-state index contributed by atoms with van der Waals surface area (Å²) in [6.07, 6.45) is 1.81. The maximum Gasteiger partial charge on any atom is 0.0910 e. The highest BCUT2D eigenvalue weighted by atomic mass is 35.5. The highest BCUT2D eigenvalue weighted by molar-refractivity contribution is 6.33. The van der Waals surface area contributed by atoms with Crippen LogP contribution in [0.1, 0.15) is 18.1 Å². The van der Waals surface area contributed by atoms with Crippen LogP contribution in [0, 0.1) is 13.8 Å². The van der Waals surface area contributed by atoms with Crippen LogP contribution in [0.25, 0.3) is 0 Å². The predicted octanol–water partition coefficient (Wildman–Crippen LogP) is 5.34. The number of anilines is 2. The van der Waals surface area contributed by atoms with Crippen LogP contribution in [0.4, 0.5) is 17.1 Å². The number of aliphatic imine (C=N–C) groups is 1. The molecule has 0 bridgehead atoms. The highest BCUT2D eigenvalue weighted by Crippen LogP contribution is 2.36. The van der Waals surface area contributed by atoms with Crippen molar-refractivity contribution in [2.24, 2.45) is 4.99 Å². The highest BCUT2D eigenvalue weighted by Gasteiger charge is 2.12. The maximum atomic E-state index is 6.44. The van der Waals surface area contributed by atoms with Gasteiger partial charge in [-0.2, -0.15) is 0 Å². The lowest BCUT2D eigenvalue weighted by Gasteiger charge is -2.24. The van der Waals surface area contributed by atoms with Gasteiger partial charge in [0.05, 0.1) is 17.0 Å². The molecule has 0 amide bonds. The zero-order chi connectivity index (χ0) is 17.0. The number of nitrogens with zero attached hydrogens (tertiary/aromatic N) is 3. The van der Waals surface area contributed by atoms with Gasteiger partial charge in [0.15, 0.2) is 0 Å². The first-order valence-corrected chi connectivity index (χ1v) is 8.15. The number of hydrogen-bond acceptors (Lipinski definition) is 2. The molecule has 0 aliphatic carbocycles. The third-order valence-corrected chi connectivity index (χ3v) is 4.30. The number of halogens is 1. The molecular formula is C19H24ClN3. The summed E-state index contributed by atoms with van der Waals surface area (Å²) in [5.41, 5.74) is 5.44. The van der Waals surface area contributed by atoms with Crippen molar-refractivity contribution in [1.29, 1.82) is 0 Å². The second kappa shape index (κ2) is 7.51. The second-order valence-electron chi connectivity index (χ2n) is 5.75. The molecule has 0 saturated carbocycles. The molecule has 0 heterocycles. The SMILES string of the molecule is CCN(C)C=Nc1cc(C)c(N(C)c2ccccc2C)cc1Cl. The van der Waals surface area contributed by atoms with Crippen LogP contribution >= 0.6 is 11.6 Å². The summed E-state index contributed by atoms with van der Waals surface area (Å²) in [7, 11) is 4.05. The quantitative estimate of drug-likeness (QED) is 0.545. The normalized spacial score (nSPS) is 11.0. The second-order valence-corrected chi connectivity index (χ2v) is 6.16. The average Bonchev–Trinajstić information content (AvgIpc) is 2.54. The van der Waals surface area contributed by atoms with E-state index in [4.69, 9.17) is 11.6 Å². The summed E-state index contributed by atoms with van der Waals surface area (Å²) >= 11 is 6.44. The molecule has 23 heavy (non-hydrogen) atoms. The van der Waals surface area contributed by atoms with Gasteiger partial charge in [-0.3, -0.25) is 0 Å². The van der Waals surface area contributed by atoms with Gasteiger partial charge in [0.25, 0.3) is 0 Å². The Kier molecular flexibility index (Phi) is 5.67. The molecule has 0 aliphatic rings. The Bertz CT molecular complexity index is 710. The van der Waals surface area contributed by atoms with Gasteiger partial charge in [0.2, 0.25) is 0 Å². The lowest BCUT2D eigenvalue weighted by Crippen LogP contribution is -2.14. The van der Waals surface area contributed by atoms with Gasteiger partial charge in [-0.25, -0.2) is 4.99 Å². The lowest BCUT2D eigenvalue weighted by atomic mass is 10.1. The molecule has 0 unspecified atom stereocenters. The first kappa shape index (κ1) is 17.4. The van der Waals surface area contributed by atoms with Crippen molar-refractivity contribution in [1.82, 2.24) is 4.90 Å². The molecule has 0 radical (unpaired) electrons. The van der Waals surface area contributed by atoms with E-state index in [2.05, 4.69) is 62.0 Å². The first-order chi connectivity index (χ1) is 10.9. The smallest absolute Gasteiger partial charge is 0.0910 e. The van der Waals surface area contributed by atoms with Gasteiger partial charge < -0.3 is 9.80 Å². The predicted molar refractivity (Wildman–Crippen MR) is 102 cm³/mol. The van der Waals surface area contributed by atoms with Crippen molar-refractivity contribution in [3.05, 3.63) is 52.5 Å². The minimum atomic E-state index is 0.659. The number of aryl methyl sites for hydroxylation is 2. The fourth-order valence-electron chi connectivity index (χ4n) is 2.43. The minimum Gasteiger partial charge on any atom is -0.366 e. The molecule has 0 fully saturated rings. The number of benzene rings is 2. The summed E-state index contributed by atoms with van der Waals surface area (Å²) in [5, 5.41) is 0.659. The van der Waals surface area contributed by atoms with Crippen molar-refractivity contribution < 1.29 is 0 Å². The standard InChI is InChI=1S/C19H24ClN3/c1-6-22(4)13-21-17-11-15(3)19(12-16(17)20)23(5)18-10-8-7-9-14(18)2/h7-13H,6H2,1-5H3. The topological polar surface area (TPSA) is 18.8 Å². The van der Waals surface area contributed by atoms with E-state index in [9.17, 15) is 0 Å². The van der Waals surface area contributed by atoms with E-state index in [0.717, 1.165) is 23.5 Å². The Balaban J connectivity index is 2.37. The van der Waals surface area contributed by atoms with Crippen molar-refractivity contribution in [2.75, 3.05) is 25.5 Å². The largest absolute Gasteiger partial charge is 0.366 e. The van der Waals surface area contributed by atoms with Crippen molar-refractivity contribution >= 4 is 35.0 Å². The lowest BCUT2D eigenvalue weighted by molar-refractivity contribution is 0.552. The maximum absolute atomic E-state index is 6.44. The Labute approximate surface area is 144 Å². The molecule has 122 valence electrons. The van der Waals surface area contributed by atoms with Crippen LogP contribution in [-0.4, -0.2) is 31.9 Å². The monoisotopic (exact) mass is 329 g/mol. The minimum absolute atomic E-state index is 0.659. The Morgan fingerprint density at radius 1 is 1.04 bits per heavy atom. The van der Waals surface area contributed by atoms with Crippen LogP contribution < -0.4 is 4.90 Å². The number of para-hydroxylation sites is 1. The van der Waals surface area contributed by atoms with Gasteiger partial charge in [0.1, 0.15) is 0 Å². The van der Waals surface area contributed by atoms with Crippen LogP contribution in [0.3, 0.4) is 0 Å². The molecule has 2 rings (SSSR count). The fourth-order valence-corrected chi connectivity index (χ4v) is 2.63. The van der Waals surface area contributed by atoms with E-state index in [-0.39, 0.29) is 0 Å². The first-order valence-electron chi connectivity index (χ1n) is 7.78. The summed E-state index contributed by atoms with van der Waals surface area (Å²) in [4.78, 5) is 8.66. The number of hydrogen-bond donors (Lipinski definition) is 0. The molecule has 4 heteroatoms. The fraction of sp³-hybridized carbons (Fsp3) is 0.316.